The summed E-state index contributed by atoms with van der Waals surface area (Å²) in [5, 5.41) is 0. The molecule has 61 heavy (non-hydrogen) atoms. The third kappa shape index (κ3) is 42.3. The van der Waals surface area contributed by atoms with Crippen molar-refractivity contribution >= 4 is 0 Å². The van der Waals surface area contributed by atoms with E-state index in [0.717, 1.165) is 113 Å². The molecular weight excluding hydrogens is 761 g/mol. The van der Waals surface area contributed by atoms with Crippen LogP contribution >= 0.6 is 0 Å². The van der Waals surface area contributed by atoms with Crippen molar-refractivity contribution in [3.63, 3.8) is 0 Å². The SMILES string of the molecule is CCCCCCCCCCCCCCCC(OCCCC)=C(COCOCOCC(OCCCC)=C(CCCCCCCCCCCCCCC)OCCCC)OCCCC. The van der Waals surface area contributed by atoms with Crippen LogP contribution in [-0.4, -0.2) is 53.2 Å². The highest BCUT2D eigenvalue weighted by Crippen LogP contribution is 2.22. The number of rotatable bonds is 52. The van der Waals surface area contributed by atoms with E-state index in [2.05, 4.69) is 41.5 Å². The van der Waals surface area contributed by atoms with Crippen LogP contribution in [0.2, 0.25) is 0 Å². The first-order chi connectivity index (χ1) is 30.2. The molecule has 0 spiro atoms. The second kappa shape index (κ2) is 51.2. The van der Waals surface area contributed by atoms with Crippen LogP contribution in [0.4, 0.5) is 0 Å². The van der Waals surface area contributed by atoms with Crippen LogP contribution in [-0.2, 0) is 33.2 Å². The lowest BCUT2D eigenvalue weighted by molar-refractivity contribution is -0.132. The zero-order valence-electron chi connectivity index (χ0n) is 42.0. The van der Waals surface area contributed by atoms with Crippen LogP contribution < -0.4 is 0 Å². The second-order valence-electron chi connectivity index (χ2n) is 17.6. The molecule has 0 fully saturated rings. The van der Waals surface area contributed by atoms with Crippen molar-refractivity contribution in [3.05, 3.63) is 23.0 Å². The highest BCUT2D eigenvalue weighted by atomic mass is 16.7. The van der Waals surface area contributed by atoms with Crippen LogP contribution in [0.5, 0.6) is 0 Å². The molecule has 0 radical (unpaired) electrons. The Labute approximate surface area is 380 Å². The Bertz CT molecular complexity index is 847. The zero-order chi connectivity index (χ0) is 44.4. The van der Waals surface area contributed by atoms with E-state index in [1.54, 1.807) is 0 Å². The normalized spacial score (nSPS) is 12.4. The fraction of sp³-hybridized carbons (Fsp3) is 0.926. The summed E-state index contributed by atoms with van der Waals surface area (Å²) in [7, 11) is 0. The second-order valence-corrected chi connectivity index (χ2v) is 17.6. The predicted octanol–water partition coefficient (Wildman–Crippen LogP) is 17.6. The molecule has 7 heteroatoms. The van der Waals surface area contributed by atoms with Gasteiger partial charge in [0.15, 0.2) is 11.5 Å². The lowest BCUT2D eigenvalue weighted by atomic mass is 10.0. The summed E-state index contributed by atoms with van der Waals surface area (Å²) in [4.78, 5) is 0. The van der Waals surface area contributed by atoms with Gasteiger partial charge in [-0.3, -0.25) is 0 Å². The lowest BCUT2D eigenvalue weighted by Gasteiger charge is -2.19. The molecule has 0 atom stereocenters. The van der Waals surface area contributed by atoms with Crippen molar-refractivity contribution < 1.29 is 33.2 Å². The van der Waals surface area contributed by atoms with Gasteiger partial charge in [-0.2, -0.15) is 0 Å². The standard InChI is InChI=1S/C54H106O7/c1-7-13-19-21-23-25-27-29-31-33-35-37-39-41-51(58-43-15-9-3)53(60-45-17-11-5)47-55-49-57-50-56-48-54(61-46-18-12-6)52(59-44-16-10-4)42-40-38-36-34-32-30-28-26-24-22-20-14-8-2/h7-50H2,1-6H3. The first kappa shape index (κ1) is 59.6. The summed E-state index contributed by atoms with van der Waals surface area (Å²) in [6.45, 7) is 17.1. The third-order valence-electron chi connectivity index (χ3n) is 11.5. The van der Waals surface area contributed by atoms with Crippen LogP contribution in [0.1, 0.15) is 273 Å². The van der Waals surface area contributed by atoms with Gasteiger partial charge in [-0.1, -0.05) is 221 Å². The fourth-order valence-electron chi connectivity index (χ4n) is 7.38. The van der Waals surface area contributed by atoms with Gasteiger partial charge < -0.3 is 33.2 Å². The van der Waals surface area contributed by atoms with Crippen molar-refractivity contribution in [1.82, 2.24) is 0 Å². The summed E-state index contributed by atoms with van der Waals surface area (Å²) in [5.74, 6) is 3.57. The maximum absolute atomic E-state index is 6.36. The molecule has 0 aromatic rings. The summed E-state index contributed by atoms with van der Waals surface area (Å²) in [6, 6.07) is 0. The topological polar surface area (TPSA) is 64.6 Å². The van der Waals surface area contributed by atoms with Crippen LogP contribution in [0, 0.1) is 0 Å². The van der Waals surface area contributed by atoms with Gasteiger partial charge in [-0.15, -0.1) is 0 Å². The van der Waals surface area contributed by atoms with Crippen molar-refractivity contribution in [1.29, 1.82) is 0 Å². The summed E-state index contributed by atoms with van der Waals surface area (Å²) >= 11 is 0. The Morgan fingerprint density at radius 3 is 0.721 bits per heavy atom. The van der Waals surface area contributed by atoms with E-state index in [-0.39, 0.29) is 13.6 Å². The molecule has 0 heterocycles. The van der Waals surface area contributed by atoms with Gasteiger partial charge >= 0.3 is 0 Å². The lowest BCUT2D eigenvalue weighted by Crippen LogP contribution is -2.14. The first-order valence-corrected chi connectivity index (χ1v) is 26.9. The highest BCUT2D eigenvalue weighted by Gasteiger charge is 2.14. The number of hydrogen-bond donors (Lipinski definition) is 0. The molecule has 0 aliphatic heterocycles. The molecule has 0 saturated heterocycles. The average Bonchev–Trinajstić information content (AvgIpc) is 3.27. The van der Waals surface area contributed by atoms with Crippen molar-refractivity contribution in [2.24, 2.45) is 0 Å². The average molecular weight is 867 g/mol. The Balaban J connectivity index is 4.97. The maximum Gasteiger partial charge on any atom is 0.159 e. The van der Waals surface area contributed by atoms with E-state index in [1.165, 1.54) is 154 Å². The molecule has 0 aliphatic rings. The van der Waals surface area contributed by atoms with E-state index < -0.39 is 0 Å². The minimum absolute atomic E-state index is 0.121. The molecule has 0 aromatic heterocycles. The number of allylic oxidation sites excluding steroid dienone is 2. The molecule has 7 nitrogen and oxygen atoms in total. The Kier molecular flexibility index (Phi) is 50.0. The van der Waals surface area contributed by atoms with E-state index in [1.807, 2.05) is 0 Å². The summed E-state index contributed by atoms with van der Waals surface area (Å²) in [6.07, 6.45) is 45.3. The van der Waals surface area contributed by atoms with Crippen LogP contribution in [0.15, 0.2) is 23.0 Å². The van der Waals surface area contributed by atoms with Gasteiger partial charge in [0.25, 0.3) is 0 Å². The van der Waals surface area contributed by atoms with Crippen molar-refractivity contribution in [2.45, 2.75) is 273 Å². The van der Waals surface area contributed by atoms with Gasteiger partial charge in [-0.05, 0) is 38.5 Å². The maximum atomic E-state index is 6.36. The van der Waals surface area contributed by atoms with E-state index in [9.17, 15) is 0 Å². The third-order valence-corrected chi connectivity index (χ3v) is 11.5. The van der Waals surface area contributed by atoms with Crippen LogP contribution in [0.25, 0.3) is 0 Å². The zero-order valence-corrected chi connectivity index (χ0v) is 42.0. The van der Waals surface area contributed by atoms with E-state index >= 15 is 0 Å². The quantitative estimate of drug-likeness (QED) is 0.0343. The number of hydrogen-bond acceptors (Lipinski definition) is 7. The van der Waals surface area contributed by atoms with Gasteiger partial charge in [0.2, 0.25) is 0 Å². The smallest absolute Gasteiger partial charge is 0.159 e. The molecule has 0 saturated carbocycles. The largest absolute Gasteiger partial charge is 0.494 e. The fourth-order valence-corrected chi connectivity index (χ4v) is 7.38. The van der Waals surface area contributed by atoms with E-state index in [0.29, 0.717) is 26.4 Å². The first-order valence-electron chi connectivity index (χ1n) is 26.9. The van der Waals surface area contributed by atoms with Gasteiger partial charge in [0.05, 0.1) is 26.4 Å². The summed E-state index contributed by atoms with van der Waals surface area (Å²) < 4.78 is 43.2. The predicted molar refractivity (Wildman–Crippen MR) is 261 cm³/mol. The monoisotopic (exact) mass is 867 g/mol. The molecule has 0 aromatic carbocycles. The molecule has 0 amide bonds. The molecule has 0 bridgehead atoms. The minimum Gasteiger partial charge on any atom is -0.494 e. The molecular formula is C54H106O7. The highest BCUT2D eigenvalue weighted by molar-refractivity contribution is 5.03. The molecule has 0 unspecified atom stereocenters. The van der Waals surface area contributed by atoms with Crippen molar-refractivity contribution in [2.75, 3.05) is 53.2 Å². The van der Waals surface area contributed by atoms with Crippen molar-refractivity contribution in [3.8, 4) is 0 Å². The Morgan fingerprint density at radius 1 is 0.230 bits per heavy atom. The molecule has 364 valence electrons. The Hall–Kier alpha value is -1.44. The Morgan fingerprint density at radius 2 is 0.459 bits per heavy atom. The molecule has 0 rings (SSSR count). The van der Waals surface area contributed by atoms with Crippen LogP contribution in [0.3, 0.4) is 0 Å². The van der Waals surface area contributed by atoms with E-state index in [4.69, 9.17) is 33.2 Å². The minimum atomic E-state index is 0.121. The molecule has 0 aliphatic carbocycles. The number of ether oxygens (including phenoxy) is 7. The molecule has 0 N–H and O–H groups in total. The van der Waals surface area contributed by atoms with Gasteiger partial charge in [-0.25, -0.2) is 0 Å². The summed E-state index contributed by atoms with van der Waals surface area (Å²) in [5.41, 5.74) is 0. The van der Waals surface area contributed by atoms with Gasteiger partial charge in [0, 0.05) is 12.8 Å². The van der Waals surface area contributed by atoms with Gasteiger partial charge in [0.1, 0.15) is 38.3 Å². The number of unbranched alkanes of at least 4 members (excludes halogenated alkanes) is 28.